The van der Waals surface area contributed by atoms with Gasteiger partial charge in [-0.15, -0.1) is 65.2 Å². The Bertz CT molecular complexity index is 2010. The predicted molar refractivity (Wildman–Crippen MR) is 184 cm³/mol. The van der Waals surface area contributed by atoms with E-state index >= 15 is 0 Å². The van der Waals surface area contributed by atoms with E-state index in [-0.39, 0.29) is 25.7 Å². The van der Waals surface area contributed by atoms with Crippen molar-refractivity contribution in [2.24, 2.45) is 0 Å². The zero-order valence-corrected chi connectivity index (χ0v) is 28.4. The molecule has 0 spiro atoms. The fraction of sp³-hybridized carbons (Fsp3) is 0.325. The maximum atomic E-state index is 10.8. The average molecular weight is 779 g/mol. The maximum absolute atomic E-state index is 10.8. The number of nitrogens with zero attached hydrogens (tertiary/aromatic N) is 3. The summed E-state index contributed by atoms with van der Waals surface area (Å²) in [7, 11) is 0. The second-order valence-electron chi connectivity index (χ2n) is 11.4. The Morgan fingerprint density at radius 1 is 1.07 bits per heavy atom. The summed E-state index contributed by atoms with van der Waals surface area (Å²) in [6.45, 7) is 4.30. The van der Waals surface area contributed by atoms with Crippen LogP contribution in [-0.2, 0) is 20.1 Å². The van der Waals surface area contributed by atoms with E-state index in [1.54, 1.807) is 18.3 Å². The summed E-state index contributed by atoms with van der Waals surface area (Å²) in [4.78, 5) is 9.02. The number of allylic oxidation sites excluding steroid dienone is 3. The normalized spacial score (nSPS) is 16.7. The van der Waals surface area contributed by atoms with Crippen molar-refractivity contribution >= 4 is 27.7 Å². The number of aryl methyl sites for hydroxylation is 1. The molecule has 4 nitrogen and oxygen atoms in total. The minimum atomic E-state index is -2.75. The third kappa shape index (κ3) is 8.14. The smallest absolute Gasteiger partial charge is 0.855 e. The van der Waals surface area contributed by atoms with Crippen molar-refractivity contribution in [3.05, 3.63) is 125 Å². The SMILES string of the molecule is CCC(CC)c1c[c-]c(-c2ccc(C)cn2)cc1.[2H]C=C(/C([2H])=C(/[2H])C(=[N-])c1[c-]ccc2c1oc1c(C3CCCCC3)nccc12)C([2H])([2H])[2H].[Ir+3]. The molecular formula is C40H42IrN3O. The molecule has 0 radical (unpaired) electrons. The van der Waals surface area contributed by atoms with Crippen LogP contribution in [-0.4, -0.2) is 15.7 Å². The summed E-state index contributed by atoms with van der Waals surface area (Å²) in [5, 5.41) is 12.3. The van der Waals surface area contributed by atoms with Gasteiger partial charge in [0.05, 0.1) is 8.44 Å². The largest absolute Gasteiger partial charge is 3.00 e. The van der Waals surface area contributed by atoms with Crippen LogP contribution in [0.5, 0.6) is 0 Å². The van der Waals surface area contributed by atoms with Gasteiger partial charge in [-0.05, 0) is 43.9 Å². The molecule has 45 heavy (non-hydrogen) atoms. The zero-order chi connectivity index (χ0) is 36.0. The van der Waals surface area contributed by atoms with Crippen LogP contribution in [0.15, 0.2) is 89.6 Å². The molecule has 6 rings (SSSR count). The van der Waals surface area contributed by atoms with Crippen molar-refractivity contribution in [1.82, 2.24) is 9.97 Å². The molecule has 0 amide bonds. The van der Waals surface area contributed by atoms with Crippen LogP contribution < -0.4 is 0 Å². The van der Waals surface area contributed by atoms with Crippen molar-refractivity contribution in [3.63, 3.8) is 0 Å². The van der Waals surface area contributed by atoms with Gasteiger partial charge in [-0.2, -0.15) is 0 Å². The minimum Gasteiger partial charge on any atom is -0.855 e. The number of furan rings is 1. The van der Waals surface area contributed by atoms with Crippen LogP contribution in [0, 0.1) is 19.1 Å². The fourth-order valence-corrected chi connectivity index (χ4v) is 5.96. The Morgan fingerprint density at radius 3 is 2.53 bits per heavy atom. The van der Waals surface area contributed by atoms with E-state index in [0.717, 1.165) is 48.0 Å². The summed E-state index contributed by atoms with van der Waals surface area (Å²) in [5.41, 5.74) is 5.27. The van der Waals surface area contributed by atoms with Gasteiger partial charge in [0, 0.05) is 34.8 Å². The Morgan fingerprint density at radius 2 is 1.87 bits per heavy atom. The molecule has 0 aliphatic heterocycles. The number of aromatic nitrogens is 2. The van der Waals surface area contributed by atoms with E-state index in [2.05, 4.69) is 73.2 Å². The first-order chi connectivity index (χ1) is 24.0. The molecule has 0 atom stereocenters. The molecule has 1 saturated carbocycles. The van der Waals surface area contributed by atoms with Gasteiger partial charge in [0.15, 0.2) is 0 Å². The molecule has 2 aromatic carbocycles. The molecule has 3 aromatic heterocycles. The minimum absolute atomic E-state index is 0. The Labute approximate surface area is 290 Å². The second-order valence-corrected chi connectivity index (χ2v) is 11.4. The molecular weight excluding hydrogens is 731 g/mol. The molecule has 0 N–H and O–H groups in total. The van der Waals surface area contributed by atoms with Crippen molar-refractivity contribution in [2.45, 2.75) is 84.4 Å². The Balaban J connectivity index is 0.000000261. The molecule has 1 aliphatic rings. The molecule has 1 aliphatic carbocycles. The summed E-state index contributed by atoms with van der Waals surface area (Å²) in [5.74, 6) is 0.954. The van der Waals surface area contributed by atoms with Crippen LogP contribution in [0.25, 0.3) is 38.6 Å². The molecule has 5 heteroatoms. The molecule has 1 fully saturated rings. The van der Waals surface area contributed by atoms with Crippen molar-refractivity contribution in [1.29, 1.82) is 0 Å². The summed E-state index contributed by atoms with van der Waals surface area (Å²) < 4.78 is 52.2. The van der Waals surface area contributed by atoms with Crippen LogP contribution in [0.1, 0.15) is 108 Å². The monoisotopic (exact) mass is 779 g/mol. The molecule has 0 bridgehead atoms. The Kier molecular flexibility index (Phi) is 9.48. The van der Waals surface area contributed by atoms with Crippen LogP contribution in [0.2, 0.25) is 0 Å². The first-order valence-electron chi connectivity index (χ1n) is 18.6. The van der Waals surface area contributed by atoms with Gasteiger partial charge in [-0.25, -0.2) is 5.71 Å². The first-order valence-corrected chi connectivity index (χ1v) is 15.5. The van der Waals surface area contributed by atoms with Crippen LogP contribution in [0.4, 0.5) is 0 Å². The Hall–Kier alpha value is -3.66. The van der Waals surface area contributed by atoms with E-state index in [1.807, 2.05) is 12.3 Å². The van der Waals surface area contributed by atoms with E-state index < -0.39 is 30.2 Å². The summed E-state index contributed by atoms with van der Waals surface area (Å²) in [6.07, 6.45) is 11.6. The van der Waals surface area contributed by atoms with E-state index in [0.29, 0.717) is 34.9 Å². The molecule has 5 aromatic rings. The fourth-order valence-electron chi connectivity index (χ4n) is 5.96. The van der Waals surface area contributed by atoms with Gasteiger partial charge in [0.1, 0.15) is 5.58 Å². The predicted octanol–water partition coefficient (Wildman–Crippen LogP) is 11.1. The van der Waals surface area contributed by atoms with Gasteiger partial charge in [0.25, 0.3) is 0 Å². The van der Waals surface area contributed by atoms with Crippen LogP contribution >= 0.6 is 0 Å². The quantitative estimate of drug-likeness (QED) is 0.0895. The number of rotatable bonds is 8. The zero-order valence-electron chi connectivity index (χ0n) is 32.0. The van der Waals surface area contributed by atoms with Gasteiger partial charge in [-0.1, -0.05) is 87.6 Å². The van der Waals surface area contributed by atoms with Gasteiger partial charge < -0.3 is 14.8 Å². The third-order valence-corrected chi connectivity index (χ3v) is 8.40. The third-order valence-electron chi connectivity index (χ3n) is 8.40. The average Bonchev–Trinajstić information content (AvgIpc) is 3.52. The maximum Gasteiger partial charge on any atom is 3.00 e. The standard InChI is InChI=1S/C23H22N2O.C17H20N.Ir/c1-15(2)11-12-20(24)19-10-6-9-17-18-13-14-25-21(23(18)26-22(17)19)16-7-4-3-5-8-16;1-4-14(5-2)15-7-9-16(10-8-15)17-11-6-13(3)12-18-17;/h6,9,11-14,16H,1,3-5,7-8H2,2H3;6-9,11-12,14H,4-5H2,1-3H3;/q-2;-1;+3/b12-11-;;/i1D,2D3,11D,12D;;/b12-11-,15-1?;;. The number of fused-ring (bicyclic) bond motifs is 3. The van der Waals surface area contributed by atoms with E-state index in [1.165, 1.54) is 30.4 Å². The van der Waals surface area contributed by atoms with Crippen molar-refractivity contribution < 1.29 is 32.7 Å². The molecule has 0 saturated heterocycles. The van der Waals surface area contributed by atoms with Gasteiger partial charge in [0.2, 0.25) is 0 Å². The molecule has 0 unspecified atom stereocenters. The number of hydrogen-bond acceptors (Lipinski definition) is 3. The second kappa shape index (κ2) is 16.1. The summed E-state index contributed by atoms with van der Waals surface area (Å²) >= 11 is 0. The van der Waals surface area contributed by atoms with Gasteiger partial charge in [-0.3, -0.25) is 4.98 Å². The molecule has 3 heterocycles. The number of pyridine rings is 2. The van der Waals surface area contributed by atoms with E-state index in [9.17, 15) is 5.41 Å². The summed E-state index contributed by atoms with van der Waals surface area (Å²) in [6, 6.07) is 20.6. The number of benzene rings is 2. The van der Waals surface area contributed by atoms with Gasteiger partial charge >= 0.3 is 20.1 Å². The van der Waals surface area contributed by atoms with E-state index in [4.69, 9.17) is 12.6 Å². The van der Waals surface area contributed by atoms with Crippen molar-refractivity contribution in [2.75, 3.05) is 0 Å². The molecule has 232 valence electrons. The number of hydrogen-bond donors (Lipinski definition) is 0. The first kappa shape index (κ1) is 26.5. The van der Waals surface area contributed by atoms with Crippen LogP contribution in [0.3, 0.4) is 0 Å². The topological polar surface area (TPSA) is 61.2 Å². The van der Waals surface area contributed by atoms with Crippen molar-refractivity contribution in [3.8, 4) is 11.3 Å².